The topological polar surface area (TPSA) is 106 Å². The predicted molar refractivity (Wildman–Crippen MR) is 113 cm³/mol. The number of sulfonamides is 1. The van der Waals surface area contributed by atoms with E-state index in [0.29, 0.717) is 11.5 Å². The van der Waals surface area contributed by atoms with Crippen molar-refractivity contribution in [2.75, 3.05) is 54.8 Å². The molecule has 2 saturated heterocycles. The first kappa shape index (κ1) is 23.1. The van der Waals surface area contributed by atoms with Crippen LogP contribution in [0.4, 0.5) is 25.0 Å². The van der Waals surface area contributed by atoms with E-state index in [4.69, 9.17) is 22.2 Å². The van der Waals surface area contributed by atoms with Gasteiger partial charge in [0, 0.05) is 38.3 Å². The predicted octanol–water partition coefficient (Wildman–Crippen LogP) is 1.20. The third-order valence-electron chi connectivity index (χ3n) is 4.96. The molecule has 0 aromatic heterocycles. The highest BCUT2D eigenvalue weighted by Crippen LogP contribution is 2.31. The molecule has 2 heterocycles. The van der Waals surface area contributed by atoms with Gasteiger partial charge in [0.2, 0.25) is 10.0 Å². The molecular weight excluding hydrogens is 452 g/mol. The highest BCUT2D eigenvalue weighted by atomic mass is 32.2. The molecule has 2 fully saturated rings. The maximum absolute atomic E-state index is 14.8. The fraction of sp³-hybridized carbons (Fsp3) is 0.500. The van der Waals surface area contributed by atoms with E-state index in [1.54, 1.807) is 13.0 Å². The maximum atomic E-state index is 14.8. The molecule has 1 aromatic rings. The normalized spacial score (nSPS) is 19.8. The molecule has 1 amide bonds. The number of ether oxygens (including phenoxy) is 1. The van der Waals surface area contributed by atoms with Gasteiger partial charge in [-0.25, -0.2) is 22.0 Å². The minimum absolute atomic E-state index is 0.0110. The summed E-state index contributed by atoms with van der Waals surface area (Å²) in [4.78, 5) is 15.2. The number of cyclic esters (lactones) is 1. The molecule has 1 N–H and O–H groups in total. The molecule has 2 aliphatic heterocycles. The molecule has 0 radical (unpaired) electrons. The number of hydrogen-bond donors (Lipinski definition) is 1. The lowest BCUT2D eigenvalue weighted by Crippen LogP contribution is -2.49. The van der Waals surface area contributed by atoms with E-state index in [1.807, 2.05) is 0 Å². The smallest absolute Gasteiger partial charge is 0.414 e. The minimum Gasteiger partial charge on any atom is -0.442 e. The summed E-state index contributed by atoms with van der Waals surface area (Å²) in [6.45, 7) is 2.24. The van der Waals surface area contributed by atoms with Gasteiger partial charge in [0.15, 0.2) is 17.4 Å². The number of piperazine rings is 1. The molecular formula is C18H21F2N5O4S2. The van der Waals surface area contributed by atoms with Crippen LogP contribution in [0.2, 0.25) is 0 Å². The van der Waals surface area contributed by atoms with Crippen LogP contribution in [0.3, 0.4) is 0 Å². The van der Waals surface area contributed by atoms with Crippen molar-refractivity contribution in [3.05, 3.63) is 23.8 Å². The molecule has 1 unspecified atom stereocenters. The highest BCUT2D eigenvalue weighted by molar-refractivity contribution is 7.89. The van der Waals surface area contributed by atoms with Crippen LogP contribution in [0.25, 0.3) is 0 Å². The van der Waals surface area contributed by atoms with Gasteiger partial charge >= 0.3 is 6.09 Å². The monoisotopic (exact) mass is 473 g/mol. The molecule has 3 rings (SSSR count). The number of amides is 1. The van der Waals surface area contributed by atoms with Crippen molar-refractivity contribution in [2.24, 2.45) is 0 Å². The zero-order valence-corrected chi connectivity index (χ0v) is 18.3. The van der Waals surface area contributed by atoms with Gasteiger partial charge < -0.3 is 15.0 Å². The summed E-state index contributed by atoms with van der Waals surface area (Å²) in [6, 6.07) is 3.71. The van der Waals surface area contributed by atoms with Gasteiger partial charge in [-0.3, -0.25) is 4.90 Å². The number of nitriles is 1. The molecule has 0 saturated carbocycles. The van der Waals surface area contributed by atoms with E-state index >= 15 is 0 Å². The van der Waals surface area contributed by atoms with Gasteiger partial charge in [0.05, 0.1) is 29.8 Å². The number of halogens is 2. The van der Waals surface area contributed by atoms with Crippen molar-refractivity contribution in [3.63, 3.8) is 0 Å². The summed E-state index contributed by atoms with van der Waals surface area (Å²) in [6.07, 6.45) is -1.23. The lowest BCUT2D eigenvalue weighted by Gasteiger charge is -2.35. The zero-order valence-electron chi connectivity index (χ0n) is 16.7. The molecule has 13 heteroatoms. The van der Waals surface area contributed by atoms with E-state index < -0.39 is 39.6 Å². The summed E-state index contributed by atoms with van der Waals surface area (Å²) in [5, 5.41) is 11.5. The zero-order chi connectivity index (χ0) is 22.8. The van der Waals surface area contributed by atoms with Crippen LogP contribution in [0.15, 0.2) is 12.1 Å². The Bertz CT molecular complexity index is 999. The van der Waals surface area contributed by atoms with E-state index in [-0.39, 0.29) is 44.1 Å². The first-order chi connectivity index (χ1) is 14.6. The first-order valence-electron chi connectivity index (χ1n) is 9.43. The summed E-state index contributed by atoms with van der Waals surface area (Å²) in [7, 11) is -3.71. The number of carbonyl (C=O) groups excluding carboxylic acids is 1. The van der Waals surface area contributed by atoms with Crippen LogP contribution in [-0.2, 0) is 14.8 Å². The third kappa shape index (κ3) is 5.20. The Kier molecular flexibility index (Phi) is 6.93. The van der Waals surface area contributed by atoms with Crippen LogP contribution in [0.1, 0.15) is 6.92 Å². The van der Waals surface area contributed by atoms with Gasteiger partial charge in [-0.05, 0) is 6.92 Å². The fourth-order valence-corrected chi connectivity index (χ4v) is 4.62. The number of benzene rings is 1. The largest absolute Gasteiger partial charge is 0.442 e. The van der Waals surface area contributed by atoms with E-state index in [2.05, 4.69) is 5.32 Å². The number of nitrogens with one attached hydrogen (secondary N) is 1. The summed E-state index contributed by atoms with van der Waals surface area (Å²) in [5.41, 5.74) is -0.260. The van der Waals surface area contributed by atoms with E-state index in [0.717, 1.165) is 21.3 Å². The Morgan fingerprint density at radius 3 is 2.45 bits per heavy atom. The average molecular weight is 474 g/mol. The van der Waals surface area contributed by atoms with Crippen LogP contribution in [0.5, 0.6) is 0 Å². The quantitative estimate of drug-likeness (QED) is 0.615. The Morgan fingerprint density at radius 2 is 1.90 bits per heavy atom. The summed E-state index contributed by atoms with van der Waals surface area (Å²) in [5.74, 6) is -2.38. The fourth-order valence-electron chi connectivity index (χ4n) is 3.47. The number of thiocarbonyl (C=S) groups is 1. The number of rotatable bonds is 6. The molecule has 9 nitrogen and oxygen atoms in total. The molecule has 168 valence electrons. The third-order valence-corrected chi connectivity index (χ3v) is 6.75. The van der Waals surface area contributed by atoms with Gasteiger partial charge in [-0.1, -0.05) is 12.2 Å². The number of nitrogens with zero attached hydrogens (tertiary/aromatic N) is 4. The van der Waals surface area contributed by atoms with E-state index in [1.165, 1.54) is 4.90 Å². The van der Waals surface area contributed by atoms with Crippen LogP contribution in [-0.4, -0.2) is 74.9 Å². The summed E-state index contributed by atoms with van der Waals surface area (Å²) < 4.78 is 59.9. The molecule has 1 aromatic carbocycles. The molecule has 0 spiro atoms. The molecule has 0 bridgehead atoms. The van der Waals surface area contributed by atoms with Crippen molar-refractivity contribution in [1.29, 1.82) is 5.26 Å². The van der Waals surface area contributed by atoms with Crippen molar-refractivity contribution < 1.29 is 26.7 Å². The summed E-state index contributed by atoms with van der Waals surface area (Å²) >= 11 is 4.91. The number of anilines is 2. The van der Waals surface area contributed by atoms with Crippen LogP contribution >= 0.6 is 12.2 Å². The maximum Gasteiger partial charge on any atom is 0.414 e. The number of carbonyl (C=O) groups is 1. The Hall–Kier alpha value is -2.56. The average Bonchev–Trinajstić information content (AvgIpc) is 3.07. The molecule has 0 aliphatic carbocycles. The van der Waals surface area contributed by atoms with Crippen LogP contribution in [0, 0.1) is 23.0 Å². The van der Waals surface area contributed by atoms with Gasteiger partial charge in [0.1, 0.15) is 11.8 Å². The Balaban J connectivity index is 1.71. The minimum atomic E-state index is -3.71. The Morgan fingerprint density at radius 1 is 1.29 bits per heavy atom. The second-order valence-corrected chi connectivity index (χ2v) is 9.69. The second kappa shape index (κ2) is 9.29. The standard InChI is InChI=1S/C18H21F2N5O4S2/c1-12(30)22-10-14-11-25(18(26)29-14)13-8-15(19)17(16(20)9-13)23-3-5-24(6-4-23)31(27,28)7-2-21/h8-9,14H,3-7,10-11H2,1H3,(H,22,30). The van der Waals surface area contributed by atoms with Crippen molar-refractivity contribution in [2.45, 2.75) is 13.0 Å². The molecule has 1 atom stereocenters. The van der Waals surface area contributed by atoms with Crippen molar-refractivity contribution >= 4 is 44.7 Å². The lowest BCUT2D eigenvalue weighted by molar-refractivity contribution is 0.143. The molecule has 31 heavy (non-hydrogen) atoms. The number of hydrogen-bond acceptors (Lipinski definition) is 7. The van der Waals surface area contributed by atoms with Crippen molar-refractivity contribution in [1.82, 2.24) is 9.62 Å². The SMILES string of the molecule is CC(=S)NCC1CN(c2cc(F)c(N3CCN(S(=O)(=O)CC#N)CC3)c(F)c2)C(=O)O1. The van der Waals surface area contributed by atoms with E-state index in [9.17, 15) is 22.0 Å². The van der Waals surface area contributed by atoms with Gasteiger partial charge in [-0.2, -0.15) is 9.57 Å². The first-order valence-corrected chi connectivity index (χ1v) is 11.5. The van der Waals surface area contributed by atoms with Gasteiger partial charge in [0.25, 0.3) is 0 Å². The Labute approximate surface area is 184 Å². The van der Waals surface area contributed by atoms with Crippen molar-refractivity contribution in [3.8, 4) is 6.07 Å². The highest BCUT2D eigenvalue weighted by Gasteiger charge is 2.34. The van der Waals surface area contributed by atoms with Crippen LogP contribution < -0.4 is 15.1 Å². The van der Waals surface area contributed by atoms with Gasteiger partial charge in [-0.15, -0.1) is 0 Å². The lowest BCUT2D eigenvalue weighted by atomic mass is 10.2. The molecule has 2 aliphatic rings. The second-order valence-electron chi connectivity index (χ2n) is 7.11.